The molecule has 1 aromatic rings. The number of likely N-dealkylation sites (N-methyl/N-ethyl adjacent to an activating group) is 2. The highest BCUT2D eigenvalue weighted by molar-refractivity contribution is 14.0. The SMILES string of the molecule is CCNC(=NCC(C)(C)c1ccccc1)N(C)CC(=O)N(CC)CC.I. The third kappa shape index (κ3) is 7.51. The van der Waals surface area contributed by atoms with Gasteiger partial charge in [-0.25, -0.2) is 0 Å². The fraction of sp³-hybridized carbons (Fsp3) is 0.600. The van der Waals surface area contributed by atoms with Crippen LogP contribution in [-0.4, -0.2) is 61.4 Å². The Kier molecular flexibility index (Phi) is 11.5. The summed E-state index contributed by atoms with van der Waals surface area (Å²) in [6.45, 7) is 13.7. The molecule has 5 nitrogen and oxygen atoms in total. The van der Waals surface area contributed by atoms with Gasteiger partial charge in [0.15, 0.2) is 5.96 Å². The molecule has 0 saturated carbocycles. The maximum atomic E-state index is 12.3. The molecule has 26 heavy (non-hydrogen) atoms. The van der Waals surface area contributed by atoms with E-state index >= 15 is 0 Å². The van der Waals surface area contributed by atoms with Crippen LogP contribution in [0, 0.1) is 0 Å². The Hall–Kier alpha value is -1.31. The van der Waals surface area contributed by atoms with Gasteiger partial charge in [0.05, 0.1) is 13.1 Å². The van der Waals surface area contributed by atoms with Gasteiger partial charge < -0.3 is 15.1 Å². The molecule has 0 aliphatic heterocycles. The van der Waals surface area contributed by atoms with E-state index in [0.717, 1.165) is 25.6 Å². The lowest BCUT2D eigenvalue weighted by Gasteiger charge is -2.28. The smallest absolute Gasteiger partial charge is 0.242 e. The second-order valence-electron chi connectivity index (χ2n) is 6.84. The lowest BCUT2D eigenvalue weighted by molar-refractivity contribution is -0.131. The Bertz CT molecular complexity index is 556. The average molecular weight is 474 g/mol. The van der Waals surface area contributed by atoms with E-state index < -0.39 is 0 Å². The van der Waals surface area contributed by atoms with E-state index in [1.165, 1.54) is 5.56 Å². The summed E-state index contributed by atoms with van der Waals surface area (Å²) in [6, 6.07) is 10.4. The number of nitrogens with one attached hydrogen (secondary N) is 1. The molecule has 0 spiro atoms. The molecule has 0 fully saturated rings. The van der Waals surface area contributed by atoms with Gasteiger partial charge in [0, 0.05) is 32.1 Å². The maximum absolute atomic E-state index is 12.3. The molecule has 1 aromatic carbocycles. The number of guanidine groups is 1. The zero-order valence-corrected chi connectivity index (χ0v) is 19.4. The first kappa shape index (κ1) is 24.7. The van der Waals surface area contributed by atoms with Crippen LogP contribution in [0.3, 0.4) is 0 Å². The first-order valence-electron chi connectivity index (χ1n) is 9.18. The van der Waals surface area contributed by atoms with Crippen molar-refractivity contribution < 1.29 is 4.79 Å². The molecule has 0 unspecified atom stereocenters. The molecular formula is C20H35IN4O. The molecule has 0 aromatic heterocycles. The molecular weight excluding hydrogens is 439 g/mol. The molecule has 0 radical (unpaired) electrons. The van der Waals surface area contributed by atoms with Crippen molar-refractivity contribution in [1.82, 2.24) is 15.1 Å². The summed E-state index contributed by atoms with van der Waals surface area (Å²) in [5.74, 6) is 0.896. The van der Waals surface area contributed by atoms with Crippen LogP contribution in [0.4, 0.5) is 0 Å². The van der Waals surface area contributed by atoms with Gasteiger partial charge in [-0.05, 0) is 26.3 Å². The number of aliphatic imine (C=N–C) groups is 1. The van der Waals surface area contributed by atoms with Crippen molar-refractivity contribution in [2.45, 2.75) is 40.0 Å². The molecule has 0 atom stereocenters. The van der Waals surface area contributed by atoms with Crippen molar-refractivity contribution in [3.63, 3.8) is 0 Å². The van der Waals surface area contributed by atoms with Crippen molar-refractivity contribution in [2.75, 3.05) is 39.8 Å². The largest absolute Gasteiger partial charge is 0.357 e. The van der Waals surface area contributed by atoms with Gasteiger partial charge in [-0.1, -0.05) is 44.2 Å². The van der Waals surface area contributed by atoms with E-state index in [1.807, 2.05) is 43.7 Å². The summed E-state index contributed by atoms with van der Waals surface area (Å²) in [5.41, 5.74) is 1.20. The van der Waals surface area contributed by atoms with Gasteiger partial charge in [0.1, 0.15) is 0 Å². The van der Waals surface area contributed by atoms with Crippen molar-refractivity contribution in [2.24, 2.45) is 4.99 Å². The molecule has 1 rings (SSSR count). The number of halogens is 1. The monoisotopic (exact) mass is 474 g/mol. The van der Waals surface area contributed by atoms with Crippen molar-refractivity contribution in [3.8, 4) is 0 Å². The van der Waals surface area contributed by atoms with Gasteiger partial charge in [0.2, 0.25) is 5.91 Å². The van der Waals surface area contributed by atoms with Crippen molar-refractivity contribution >= 4 is 35.8 Å². The number of hydrogen-bond donors (Lipinski definition) is 1. The van der Waals surface area contributed by atoms with Crippen molar-refractivity contribution in [1.29, 1.82) is 0 Å². The number of hydrogen-bond acceptors (Lipinski definition) is 2. The fourth-order valence-corrected chi connectivity index (χ4v) is 2.68. The van der Waals surface area contributed by atoms with Gasteiger partial charge in [-0.3, -0.25) is 9.79 Å². The summed E-state index contributed by atoms with van der Waals surface area (Å²) < 4.78 is 0. The molecule has 0 bridgehead atoms. The van der Waals surface area contributed by atoms with E-state index in [9.17, 15) is 4.79 Å². The van der Waals surface area contributed by atoms with Gasteiger partial charge in [0.25, 0.3) is 0 Å². The number of benzene rings is 1. The Morgan fingerprint density at radius 2 is 1.69 bits per heavy atom. The Morgan fingerprint density at radius 1 is 1.12 bits per heavy atom. The average Bonchev–Trinajstić information content (AvgIpc) is 2.60. The van der Waals surface area contributed by atoms with Gasteiger partial charge >= 0.3 is 0 Å². The molecule has 0 saturated heterocycles. The van der Waals surface area contributed by atoms with Crippen LogP contribution in [0.1, 0.15) is 40.2 Å². The molecule has 0 aliphatic rings. The number of amides is 1. The number of nitrogens with zero attached hydrogens (tertiary/aromatic N) is 3. The second-order valence-corrected chi connectivity index (χ2v) is 6.84. The molecule has 6 heteroatoms. The minimum Gasteiger partial charge on any atom is -0.357 e. The quantitative estimate of drug-likeness (QED) is 0.357. The van der Waals surface area contributed by atoms with Crippen LogP contribution in [0.2, 0.25) is 0 Å². The molecule has 0 aliphatic carbocycles. The summed E-state index contributed by atoms with van der Waals surface area (Å²) in [5, 5.41) is 3.29. The zero-order valence-electron chi connectivity index (χ0n) is 17.1. The highest BCUT2D eigenvalue weighted by Gasteiger charge is 2.21. The van der Waals surface area contributed by atoms with E-state index in [1.54, 1.807) is 0 Å². The van der Waals surface area contributed by atoms with E-state index in [0.29, 0.717) is 13.1 Å². The second kappa shape index (κ2) is 12.1. The van der Waals surface area contributed by atoms with Crippen LogP contribution in [0.5, 0.6) is 0 Å². The van der Waals surface area contributed by atoms with Crippen LogP contribution in [0.15, 0.2) is 35.3 Å². The number of carbonyl (C=O) groups excluding carboxylic acids is 1. The molecule has 148 valence electrons. The van der Waals surface area contributed by atoms with Crippen LogP contribution in [-0.2, 0) is 10.2 Å². The highest BCUT2D eigenvalue weighted by Crippen LogP contribution is 2.23. The Labute approximate surface area is 176 Å². The highest BCUT2D eigenvalue weighted by atomic mass is 127. The standard InChI is InChI=1S/C20H34N4O.HI/c1-7-21-19(23(6)15-18(25)24(8-2)9-3)22-16-20(4,5)17-13-11-10-12-14-17;/h10-14H,7-9,15-16H2,1-6H3,(H,21,22);1H. The van der Waals surface area contributed by atoms with E-state index in [2.05, 4.69) is 43.4 Å². The Balaban J connectivity index is 0.00000625. The zero-order chi connectivity index (χ0) is 18.9. The fourth-order valence-electron chi connectivity index (χ4n) is 2.68. The maximum Gasteiger partial charge on any atom is 0.242 e. The lowest BCUT2D eigenvalue weighted by atomic mass is 9.85. The minimum absolute atomic E-state index is 0. The summed E-state index contributed by atoms with van der Waals surface area (Å²) in [7, 11) is 1.92. The number of carbonyl (C=O) groups is 1. The van der Waals surface area contributed by atoms with Crippen LogP contribution >= 0.6 is 24.0 Å². The first-order valence-corrected chi connectivity index (χ1v) is 9.18. The first-order chi connectivity index (χ1) is 11.9. The lowest BCUT2D eigenvalue weighted by Crippen LogP contribution is -2.46. The Morgan fingerprint density at radius 3 is 2.19 bits per heavy atom. The summed E-state index contributed by atoms with van der Waals surface area (Å²) in [4.78, 5) is 20.9. The molecule has 0 heterocycles. The third-order valence-corrected chi connectivity index (χ3v) is 4.36. The van der Waals surface area contributed by atoms with Crippen LogP contribution in [0.25, 0.3) is 0 Å². The van der Waals surface area contributed by atoms with Gasteiger partial charge in [-0.2, -0.15) is 0 Å². The molecule has 1 amide bonds. The predicted octanol–water partition coefficient (Wildman–Crippen LogP) is 3.35. The molecule has 1 N–H and O–H groups in total. The topological polar surface area (TPSA) is 47.9 Å². The van der Waals surface area contributed by atoms with Gasteiger partial charge in [-0.15, -0.1) is 24.0 Å². The van der Waals surface area contributed by atoms with E-state index in [-0.39, 0.29) is 35.3 Å². The summed E-state index contributed by atoms with van der Waals surface area (Å²) >= 11 is 0. The predicted molar refractivity (Wildman–Crippen MR) is 121 cm³/mol. The van der Waals surface area contributed by atoms with Crippen molar-refractivity contribution in [3.05, 3.63) is 35.9 Å². The minimum atomic E-state index is -0.0638. The van der Waals surface area contributed by atoms with Crippen LogP contribution < -0.4 is 5.32 Å². The normalized spacial score (nSPS) is 11.5. The number of rotatable bonds is 8. The third-order valence-electron chi connectivity index (χ3n) is 4.36. The summed E-state index contributed by atoms with van der Waals surface area (Å²) in [6.07, 6.45) is 0. The van der Waals surface area contributed by atoms with E-state index in [4.69, 9.17) is 4.99 Å².